The summed E-state index contributed by atoms with van der Waals surface area (Å²) < 4.78 is 0. The van der Waals surface area contributed by atoms with E-state index in [2.05, 4.69) is 31.1 Å². The molecule has 4 unspecified atom stereocenters. The standard InChI is InChI=1S/C14H28N2/c1-11-4-5-14(12(2)8-11)15-9-13-6-7-16(3)10-13/h11-15H,4-10H2,1-3H3. The number of rotatable bonds is 3. The fourth-order valence-electron chi connectivity index (χ4n) is 3.48. The molecule has 1 N–H and O–H groups in total. The van der Waals surface area contributed by atoms with Gasteiger partial charge in [0.2, 0.25) is 0 Å². The Hall–Kier alpha value is -0.0800. The van der Waals surface area contributed by atoms with Crippen molar-refractivity contribution in [1.29, 1.82) is 0 Å². The highest BCUT2D eigenvalue weighted by molar-refractivity contribution is 4.83. The van der Waals surface area contributed by atoms with E-state index in [9.17, 15) is 0 Å². The van der Waals surface area contributed by atoms with Crippen LogP contribution in [0, 0.1) is 17.8 Å². The zero-order valence-electron chi connectivity index (χ0n) is 11.2. The number of likely N-dealkylation sites (tertiary alicyclic amines) is 1. The van der Waals surface area contributed by atoms with Crippen LogP contribution in [0.4, 0.5) is 0 Å². The minimum Gasteiger partial charge on any atom is -0.313 e. The summed E-state index contributed by atoms with van der Waals surface area (Å²) in [6.07, 6.45) is 5.63. The molecule has 0 bridgehead atoms. The molecule has 0 amide bonds. The van der Waals surface area contributed by atoms with Crippen molar-refractivity contribution in [2.45, 2.75) is 45.6 Å². The fourth-order valence-corrected chi connectivity index (χ4v) is 3.48. The monoisotopic (exact) mass is 224 g/mol. The van der Waals surface area contributed by atoms with E-state index in [4.69, 9.17) is 0 Å². The quantitative estimate of drug-likeness (QED) is 0.791. The molecule has 1 aliphatic carbocycles. The number of hydrogen-bond acceptors (Lipinski definition) is 2. The molecular formula is C14H28N2. The first-order valence-electron chi connectivity index (χ1n) is 7.07. The highest BCUT2D eigenvalue weighted by Gasteiger charge is 2.26. The van der Waals surface area contributed by atoms with Gasteiger partial charge in [0.15, 0.2) is 0 Å². The second-order valence-electron chi connectivity index (χ2n) is 6.33. The van der Waals surface area contributed by atoms with Gasteiger partial charge in [-0.05, 0) is 63.6 Å². The molecule has 4 atom stereocenters. The van der Waals surface area contributed by atoms with E-state index in [1.54, 1.807) is 0 Å². The molecule has 1 heterocycles. The van der Waals surface area contributed by atoms with Crippen molar-refractivity contribution >= 4 is 0 Å². The van der Waals surface area contributed by atoms with Crippen molar-refractivity contribution in [2.24, 2.45) is 17.8 Å². The van der Waals surface area contributed by atoms with Crippen LogP contribution in [0.2, 0.25) is 0 Å². The van der Waals surface area contributed by atoms with Crippen LogP contribution in [-0.4, -0.2) is 37.6 Å². The second kappa shape index (κ2) is 5.50. The molecule has 0 aromatic heterocycles. The fraction of sp³-hybridized carbons (Fsp3) is 1.00. The predicted molar refractivity (Wildman–Crippen MR) is 69.6 cm³/mol. The van der Waals surface area contributed by atoms with Crippen LogP contribution in [0.3, 0.4) is 0 Å². The molecule has 1 saturated heterocycles. The molecule has 16 heavy (non-hydrogen) atoms. The van der Waals surface area contributed by atoms with Gasteiger partial charge in [-0.1, -0.05) is 13.8 Å². The second-order valence-corrected chi connectivity index (χ2v) is 6.33. The van der Waals surface area contributed by atoms with E-state index in [-0.39, 0.29) is 0 Å². The molecule has 0 spiro atoms. The van der Waals surface area contributed by atoms with Crippen LogP contribution >= 0.6 is 0 Å². The van der Waals surface area contributed by atoms with Crippen LogP contribution in [0.15, 0.2) is 0 Å². The average Bonchev–Trinajstić information content (AvgIpc) is 2.63. The van der Waals surface area contributed by atoms with Gasteiger partial charge in [-0.2, -0.15) is 0 Å². The molecule has 1 aliphatic heterocycles. The Labute approximate surface area is 101 Å². The SMILES string of the molecule is CC1CCC(NCC2CCN(C)C2)C(C)C1. The summed E-state index contributed by atoms with van der Waals surface area (Å²) in [5.41, 5.74) is 0. The number of nitrogens with zero attached hydrogens (tertiary/aromatic N) is 1. The van der Waals surface area contributed by atoms with Crippen LogP contribution < -0.4 is 5.32 Å². The summed E-state index contributed by atoms with van der Waals surface area (Å²) in [6.45, 7) is 8.66. The molecule has 2 rings (SSSR count). The van der Waals surface area contributed by atoms with Crippen molar-refractivity contribution in [3.8, 4) is 0 Å². The van der Waals surface area contributed by atoms with Gasteiger partial charge in [0.1, 0.15) is 0 Å². The predicted octanol–water partition coefficient (Wildman–Crippen LogP) is 2.35. The van der Waals surface area contributed by atoms with Crippen molar-refractivity contribution < 1.29 is 0 Å². The Kier molecular flexibility index (Phi) is 4.26. The van der Waals surface area contributed by atoms with Crippen LogP contribution in [0.1, 0.15) is 39.5 Å². The van der Waals surface area contributed by atoms with E-state index in [0.29, 0.717) is 0 Å². The van der Waals surface area contributed by atoms with E-state index < -0.39 is 0 Å². The first-order valence-corrected chi connectivity index (χ1v) is 7.07. The Bertz CT molecular complexity index is 217. The third kappa shape index (κ3) is 3.21. The summed E-state index contributed by atoms with van der Waals surface area (Å²) in [4.78, 5) is 2.46. The first-order chi connectivity index (χ1) is 7.65. The molecule has 2 heteroatoms. The van der Waals surface area contributed by atoms with Gasteiger partial charge in [-0.3, -0.25) is 0 Å². The lowest BCUT2D eigenvalue weighted by atomic mass is 9.80. The van der Waals surface area contributed by atoms with E-state index >= 15 is 0 Å². The van der Waals surface area contributed by atoms with Gasteiger partial charge in [0, 0.05) is 12.6 Å². The van der Waals surface area contributed by atoms with E-state index in [1.165, 1.54) is 45.3 Å². The van der Waals surface area contributed by atoms with Crippen LogP contribution in [0.25, 0.3) is 0 Å². The third-order valence-electron chi connectivity index (χ3n) is 4.59. The minimum absolute atomic E-state index is 0.794. The normalized spacial score (nSPS) is 41.4. The van der Waals surface area contributed by atoms with Crippen molar-refractivity contribution in [3.63, 3.8) is 0 Å². The third-order valence-corrected chi connectivity index (χ3v) is 4.59. The first kappa shape index (κ1) is 12.4. The lowest BCUT2D eigenvalue weighted by Crippen LogP contribution is -2.41. The smallest absolute Gasteiger partial charge is 0.00930 e. The van der Waals surface area contributed by atoms with Crippen LogP contribution in [0.5, 0.6) is 0 Å². The molecule has 2 fully saturated rings. The summed E-state index contributed by atoms with van der Waals surface area (Å²) >= 11 is 0. The highest BCUT2D eigenvalue weighted by Crippen LogP contribution is 2.28. The van der Waals surface area contributed by atoms with Gasteiger partial charge < -0.3 is 10.2 Å². The Morgan fingerprint density at radius 3 is 2.62 bits per heavy atom. The van der Waals surface area contributed by atoms with Crippen LogP contribution in [-0.2, 0) is 0 Å². The molecule has 0 aromatic carbocycles. The minimum atomic E-state index is 0.794. The summed E-state index contributed by atoms with van der Waals surface area (Å²) in [5.74, 6) is 2.73. The number of nitrogens with one attached hydrogen (secondary N) is 1. The molecule has 0 radical (unpaired) electrons. The van der Waals surface area contributed by atoms with Gasteiger partial charge >= 0.3 is 0 Å². The van der Waals surface area contributed by atoms with Crippen molar-refractivity contribution in [2.75, 3.05) is 26.7 Å². The molecule has 94 valence electrons. The zero-order chi connectivity index (χ0) is 11.5. The van der Waals surface area contributed by atoms with E-state index in [0.717, 1.165) is 23.8 Å². The molecule has 0 aromatic rings. The Morgan fingerprint density at radius 1 is 1.19 bits per heavy atom. The lowest BCUT2D eigenvalue weighted by Gasteiger charge is -2.34. The van der Waals surface area contributed by atoms with Crippen molar-refractivity contribution in [1.82, 2.24) is 10.2 Å². The lowest BCUT2D eigenvalue weighted by molar-refractivity contribution is 0.221. The van der Waals surface area contributed by atoms with Gasteiger partial charge in [-0.15, -0.1) is 0 Å². The maximum Gasteiger partial charge on any atom is 0.00930 e. The maximum atomic E-state index is 3.83. The Balaban J connectivity index is 1.69. The van der Waals surface area contributed by atoms with Gasteiger partial charge in [0.25, 0.3) is 0 Å². The largest absolute Gasteiger partial charge is 0.313 e. The Morgan fingerprint density at radius 2 is 2.00 bits per heavy atom. The summed E-state index contributed by atoms with van der Waals surface area (Å²) in [6, 6.07) is 0.794. The van der Waals surface area contributed by atoms with Crippen molar-refractivity contribution in [3.05, 3.63) is 0 Å². The van der Waals surface area contributed by atoms with Gasteiger partial charge in [0.05, 0.1) is 0 Å². The van der Waals surface area contributed by atoms with E-state index in [1.807, 2.05) is 0 Å². The number of hydrogen-bond donors (Lipinski definition) is 1. The molecule has 2 nitrogen and oxygen atoms in total. The molecule has 2 aliphatic rings. The van der Waals surface area contributed by atoms with Gasteiger partial charge in [-0.25, -0.2) is 0 Å². The average molecular weight is 224 g/mol. The summed E-state index contributed by atoms with van der Waals surface area (Å²) in [5, 5.41) is 3.83. The molecular weight excluding hydrogens is 196 g/mol. The maximum absolute atomic E-state index is 3.83. The topological polar surface area (TPSA) is 15.3 Å². The molecule has 1 saturated carbocycles. The zero-order valence-corrected chi connectivity index (χ0v) is 11.2. The highest BCUT2D eigenvalue weighted by atomic mass is 15.1. The summed E-state index contributed by atoms with van der Waals surface area (Å²) in [7, 11) is 2.24.